The molecule has 0 amide bonds. The Morgan fingerprint density at radius 1 is 1.70 bits per heavy atom. The second-order valence-electron chi connectivity index (χ2n) is 2.64. The molecule has 1 rings (SSSR count). The van der Waals surface area contributed by atoms with Gasteiger partial charge in [0.05, 0.1) is 0 Å². The third-order valence-electron chi connectivity index (χ3n) is 1.90. The second-order valence-corrected chi connectivity index (χ2v) is 2.64. The number of nitrogens with zero attached hydrogens (tertiary/aromatic N) is 3. The zero-order valence-corrected chi connectivity index (χ0v) is 5.82. The SMILES string of the molecule is CC(=O)C1CC(N=[N+]=[N-])C1. The van der Waals surface area contributed by atoms with Gasteiger partial charge in [0.15, 0.2) is 0 Å². The number of hydrogen-bond acceptors (Lipinski definition) is 2. The molecule has 10 heavy (non-hydrogen) atoms. The van der Waals surface area contributed by atoms with Gasteiger partial charge in [-0.2, -0.15) is 0 Å². The Bertz CT molecular complexity index is 183. The first-order valence-corrected chi connectivity index (χ1v) is 3.28. The normalized spacial score (nSPS) is 30.1. The van der Waals surface area contributed by atoms with Crippen LogP contribution in [0.5, 0.6) is 0 Å². The number of hydrogen-bond donors (Lipinski definition) is 0. The van der Waals surface area contributed by atoms with Crippen LogP contribution in [0.2, 0.25) is 0 Å². The summed E-state index contributed by atoms with van der Waals surface area (Å²) in [5, 5.41) is 3.49. The molecule has 0 N–H and O–H groups in total. The zero-order valence-electron chi connectivity index (χ0n) is 5.82. The topological polar surface area (TPSA) is 65.8 Å². The molecule has 0 unspecified atom stereocenters. The summed E-state index contributed by atoms with van der Waals surface area (Å²) < 4.78 is 0. The van der Waals surface area contributed by atoms with Crippen LogP contribution in [0.3, 0.4) is 0 Å². The van der Waals surface area contributed by atoms with Gasteiger partial charge in [-0.3, -0.25) is 4.79 Å². The summed E-state index contributed by atoms with van der Waals surface area (Å²) in [5.74, 6) is 0.375. The summed E-state index contributed by atoms with van der Waals surface area (Å²) in [6.45, 7) is 1.58. The Kier molecular flexibility index (Phi) is 1.92. The lowest BCUT2D eigenvalue weighted by atomic mass is 9.78. The maximum Gasteiger partial charge on any atom is 0.132 e. The average molecular weight is 139 g/mol. The molecule has 1 aliphatic carbocycles. The number of Topliss-reactive ketones (excluding diaryl/α,β-unsaturated/α-hetero) is 1. The maximum atomic E-state index is 10.6. The van der Waals surface area contributed by atoms with Crippen molar-refractivity contribution in [2.45, 2.75) is 25.8 Å². The lowest BCUT2D eigenvalue weighted by Crippen LogP contribution is -2.31. The summed E-state index contributed by atoms with van der Waals surface area (Å²) in [4.78, 5) is 13.3. The molecule has 1 aliphatic rings. The van der Waals surface area contributed by atoms with Crippen LogP contribution >= 0.6 is 0 Å². The predicted octanol–water partition coefficient (Wildman–Crippen LogP) is 1.66. The van der Waals surface area contributed by atoms with Gasteiger partial charge in [-0.05, 0) is 25.3 Å². The first-order chi connectivity index (χ1) is 4.74. The van der Waals surface area contributed by atoms with E-state index in [9.17, 15) is 4.79 Å². The van der Waals surface area contributed by atoms with E-state index in [0.717, 1.165) is 12.8 Å². The Balaban J connectivity index is 2.30. The summed E-state index contributed by atoms with van der Waals surface area (Å²) in [5.41, 5.74) is 8.00. The Morgan fingerprint density at radius 2 is 2.30 bits per heavy atom. The van der Waals surface area contributed by atoms with E-state index in [0.29, 0.717) is 0 Å². The van der Waals surface area contributed by atoms with Gasteiger partial charge >= 0.3 is 0 Å². The average Bonchev–Trinajstić information content (AvgIpc) is 1.76. The number of ketones is 1. The molecule has 0 atom stereocenters. The minimum Gasteiger partial charge on any atom is -0.300 e. The van der Waals surface area contributed by atoms with Gasteiger partial charge < -0.3 is 0 Å². The third-order valence-corrected chi connectivity index (χ3v) is 1.90. The molecular formula is C6H9N3O. The number of azide groups is 1. The Morgan fingerprint density at radius 3 is 2.70 bits per heavy atom. The number of rotatable bonds is 2. The Labute approximate surface area is 58.9 Å². The molecule has 1 saturated carbocycles. The van der Waals surface area contributed by atoms with Crippen LogP contribution in [0.4, 0.5) is 0 Å². The highest BCUT2D eigenvalue weighted by Crippen LogP contribution is 2.30. The molecular weight excluding hydrogens is 130 g/mol. The fourth-order valence-corrected chi connectivity index (χ4v) is 1.09. The van der Waals surface area contributed by atoms with Crippen LogP contribution in [0.15, 0.2) is 5.11 Å². The molecule has 0 aromatic heterocycles. The fourth-order valence-electron chi connectivity index (χ4n) is 1.09. The highest BCUT2D eigenvalue weighted by atomic mass is 16.1. The first kappa shape index (κ1) is 7.09. The van der Waals surface area contributed by atoms with Crippen molar-refractivity contribution in [3.63, 3.8) is 0 Å². The maximum absolute atomic E-state index is 10.6. The molecule has 0 aromatic rings. The van der Waals surface area contributed by atoms with Crippen molar-refractivity contribution in [2.24, 2.45) is 11.0 Å². The minimum atomic E-state index is 0.0823. The van der Waals surface area contributed by atoms with Crippen LogP contribution in [0, 0.1) is 5.92 Å². The summed E-state index contributed by atoms with van der Waals surface area (Å²) in [7, 11) is 0. The standard InChI is InChI=1S/C6H9N3O/c1-4(10)5-2-6(3-5)8-9-7/h5-6H,2-3H2,1H3. The van der Waals surface area contributed by atoms with Crippen molar-refractivity contribution in [3.05, 3.63) is 10.4 Å². The molecule has 4 heteroatoms. The molecule has 0 bridgehead atoms. The van der Waals surface area contributed by atoms with E-state index in [1.165, 1.54) is 0 Å². The number of carbonyl (C=O) groups excluding carboxylic acids is 1. The summed E-state index contributed by atoms with van der Waals surface area (Å²) in [6.07, 6.45) is 1.50. The highest BCUT2D eigenvalue weighted by Gasteiger charge is 2.30. The highest BCUT2D eigenvalue weighted by molar-refractivity contribution is 5.79. The van der Waals surface area contributed by atoms with Gasteiger partial charge in [-0.15, -0.1) is 0 Å². The van der Waals surface area contributed by atoms with Crippen molar-refractivity contribution in [2.75, 3.05) is 0 Å². The smallest absolute Gasteiger partial charge is 0.132 e. The van der Waals surface area contributed by atoms with Crippen molar-refractivity contribution < 1.29 is 4.79 Å². The van der Waals surface area contributed by atoms with Crippen molar-refractivity contribution in [3.8, 4) is 0 Å². The molecule has 0 heterocycles. The van der Waals surface area contributed by atoms with E-state index in [4.69, 9.17) is 5.53 Å². The van der Waals surface area contributed by atoms with E-state index in [1.807, 2.05) is 0 Å². The lowest BCUT2D eigenvalue weighted by Gasteiger charge is -2.29. The van der Waals surface area contributed by atoms with E-state index < -0.39 is 0 Å². The zero-order chi connectivity index (χ0) is 7.56. The Hall–Kier alpha value is -1.02. The van der Waals surface area contributed by atoms with Crippen molar-refractivity contribution >= 4 is 5.78 Å². The summed E-state index contributed by atoms with van der Waals surface area (Å²) in [6, 6.07) is 0.0823. The molecule has 0 radical (unpaired) electrons. The van der Waals surface area contributed by atoms with Crippen molar-refractivity contribution in [1.29, 1.82) is 0 Å². The van der Waals surface area contributed by atoms with Gasteiger partial charge in [0, 0.05) is 16.9 Å². The predicted molar refractivity (Wildman–Crippen MR) is 36.3 cm³/mol. The van der Waals surface area contributed by atoms with Gasteiger partial charge in [0.1, 0.15) is 5.78 Å². The molecule has 0 aromatic carbocycles. The van der Waals surface area contributed by atoms with Crippen LogP contribution in [0.1, 0.15) is 19.8 Å². The third kappa shape index (κ3) is 1.28. The van der Waals surface area contributed by atoms with Gasteiger partial charge in [0.25, 0.3) is 0 Å². The largest absolute Gasteiger partial charge is 0.300 e. The van der Waals surface area contributed by atoms with E-state index in [2.05, 4.69) is 10.0 Å². The minimum absolute atomic E-state index is 0.0823. The van der Waals surface area contributed by atoms with Crippen LogP contribution in [-0.4, -0.2) is 11.8 Å². The number of carbonyl (C=O) groups is 1. The van der Waals surface area contributed by atoms with Gasteiger partial charge in [-0.1, -0.05) is 5.11 Å². The molecule has 0 spiro atoms. The quantitative estimate of drug-likeness (QED) is 0.326. The lowest BCUT2D eigenvalue weighted by molar-refractivity contribution is -0.123. The van der Waals surface area contributed by atoms with Crippen LogP contribution < -0.4 is 0 Å². The molecule has 4 nitrogen and oxygen atoms in total. The van der Waals surface area contributed by atoms with E-state index in [1.54, 1.807) is 6.92 Å². The first-order valence-electron chi connectivity index (χ1n) is 3.28. The molecule has 0 saturated heterocycles. The summed E-state index contributed by atoms with van der Waals surface area (Å²) >= 11 is 0. The van der Waals surface area contributed by atoms with Crippen LogP contribution in [0.25, 0.3) is 10.4 Å². The molecule has 0 aliphatic heterocycles. The van der Waals surface area contributed by atoms with Crippen LogP contribution in [-0.2, 0) is 4.79 Å². The monoisotopic (exact) mass is 139 g/mol. The molecule has 1 fully saturated rings. The van der Waals surface area contributed by atoms with E-state index in [-0.39, 0.29) is 17.7 Å². The van der Waals surface area contributed by atoms with Crippen molar-refractivity contribution in [1.82, 2.24) is 0 Å². The fraction of sp³-hybridized carbons (Fsp3) is 0.833. The van der Waals surface area contributed by atoms with E-state index >= 15 is 0 Å². The second kappa shape index (κ2) is 2.71. The molecule has 54 valence electrons. The van der Waals surface area contributed by atoms with Gasteiger partial charge in [0.2, 0.25) is 0 Å². The van der Waals surface area contributed by atoms with Gasteiger partial charge in [-0.25, -0.2) is 0 Å².